The van der Waals surface area contributed by atoms with Crippen LogP contribution in [0.5, 0.6) is 11.5 Å². The zero-order valence-electron chi connectivity index (χ0n) is 19.3. The number of ketones is 1. The molecule has 7 nitrogen and oxygen atoms in total. The first-order valence-corrected chi connectivity index (χ1v) is 12.8. The summed E-state index contributed by atoms with van der Waals surface area (Å²) in [5, 5.41) is 23.1. The molecule has 10 N–H and O–H groups in total. The van der Waals surface area contributed by atoms with E-state index in [1.165, 1.54) is 0 Å². The molecule has 0 amide bonds. The van der Waals surface area contributed by atoms with Crippen molar-refractivity contribution in [1.29, 1.82) is 0 Å². The molecule has 182 valence electrons. The van der Waals surface area contributed by atoms with E-state index in [9.17, 15) is 15.0 Å². The Morgan fingerprint density at radius 1 is 0.714 bits per heavy atom. The van der Waals surface area contributed by atoms with Gasteiger partial charge in [-0.3, -0.25) is 4.79 Å². The fourth-order valence-corrected chi connectivity index (χ4v) is 6.48. The number of anilines is 4. The van der Waals surface area contributed by atoms with Crippen LogP contribution in [0.4, 0.5) is 22.7 Å². The molecule has 0 saturated carbocycles. The Balaban J connectivity index is 1.58. The molecular formula is C26H30N4O3P2. The largest absolute Gasteiger partial charge is 0.505 e. The van der Waals surface area contributed by atoms with Gasteiger partial charge in [-0.25, -0.2) is 0 Å². The minimum Gasteiger partial charge on any atom is -0.505 e. The molecule has 0 bridgehead atoms. The first-order valence-electron chi connectivity index (χ1n) is 11.7. The molecule has 0 saturated heterocycles. The van der Waals surface area contributed by atoms with Crippen LogP contribution in [0.25, 0.3) is 16.7 Å². The van der Waals surface area contributed by atoms with Crippen molar-refractivity contribution in [2.45, 2.75) is 44.4 Å². The van der Waals surface area contributed by atoms with Gasteiger partial charge in [-0.1, -0.05) is 12.2 Å². The average molecular weight is 508 g/mol. The Morgan fingerprint density at radius 3 is 1.69 bits per heavy atom. The Kier molecular flexibility index (Phi) is 5.82. The van der Waals surface area contributed by atoms with E-state index in [-0.39, 0.29) is 34.3 Å². The number of nitrogen functional groups attached to an aromatic ring is 4. The van der Waals surface area contributed by atoms with E-state index >= 15 is 0 Å². The summed E-state index contributed by atoms with van der Waals surface area (Å²) in [6.45, 7) is 0. The third kappa shape index (κ3) is 3.52. The quantitative estimate of drug-likeness (QED) is 0.210. The van der Waals surface area contributed by atoms with Crippen molar-refractivity contribution in [2.75, 3.05) is 22.9 Å². The molecule has 3 aliphatic rings. The Morgan fingerprint density at radius 2 is 1.20 bits per heavy atom. The van der Waals surface area contributed by atoms with Crippen molar-refractivity contribution in [1.82, 2.24) is 0 Å². The summed E-state index contributed by atoms with van der Waals surface area (Å²) in [4.78, 5) is 13.4. The maximum absolute atomic E-state index is 13.4. The molecular weight excluding hydrogens is 478 g/mol. The van der Waals surface area contributed by atoms with Gasteiger partial charge in [0.15, 0.2) is 11.5 Å². The molecule has 0 spiro atoms. The zero-order chi connectivity index (χ0) is 25.2. The molecule has 0 radical (unpaired) electrons. The van der Waals surface area contributed by atoms with E-state index in [4.69, 9.17) is 22.9 Å². The molecule has 0 aliphatic heterocycles. The van der Waals surface area contributed by atoms with Gasteiger partial charge in [0, 0.05) is 33.2 Å². The number of carbonyl (C=O) groups is 1. The topological polar surface area (TPSA) is 162 Å². The molecule has 35 heavy (non-hydrogen) atoms. The first kappa shape index (κ1) is 23.7. The number of phenolic OH excluding ortho intramolecular Hbond substituents is 2. The van der Waals surface area contributed by atoms with Crippen molar-refractivity contribution < 1.29 is 15.0 Å². The van der Waals surface area contributed by atoms with E-state index in [2.05, 4.69) is 30.6 Å². The number of rotatable bonds is 4. The maximum Gasteiger partial charge on any atom is 0.163 e. The highest BCUT2D eigenvalue weighted by molar-refractivity contribution is 7.28. The highest BCUT2D eigenvalue weighted by Gasteiger charge is 2.34. The van der Waals surface area contributed by atoms with E-state index in [1.807, 2.05) is 0 Å². The molecule has 0 fully saturated rings. The van der Waals surface area contributed by atoms with Crippen molar-refractivity contribution in [3.63, 3.8) is 0 Å². The van der Waals surface area contributed by atoms with Crippen LogP contribution in [0.2, 0.25) is 0 Å². The van der Waals surface area contributed by atoms with Gasteiger partial charge in [0.2, 0.25) is 0 Å². The number of hydrogen-bond donors (Lipinski definition) is 6. The third-order valence-electron chi connectivity index (χ3n) is 7.50. The van der Waals surface area contributed by atoms with Gasteiger partial charge < -0.3 is 33.1 Å². The minimum atomic E-state index is -0.629. The maximum atomic E-state index is 13.4. The summed E-state index contributed by atoms with van der Waals surface area (Å²) < 4.78 is 0. The van der Waals surface area contributed by atoms with Gasteiger partial charge in [0.05, 0.1) is 23.0 Å². The van der Waals surface area contributed by atoms with Gasteiger partial charge in [-0.05, 0) is 66.6 Å². The van der Waals surface area contributed by atoms with Gasteiger partial charge in [0.1, 0.15) is 5.75 Å². The predicted octanol–water partition coefficient (Wildman–Crippen LogP) is 3.31. The van der Waals surface area contributed by atoms with Crippen molar-refractivity contribution in [3.8, 4) is 11.5 Å². The third-order valence-corrected chi connectivity index (χ3v) is 8.68. The van der Waals surface area contributed by atoms with Crippen LogP contribution >= 0.6 is 18.5 Å². The van der Waals surface area contributed by atoms with Crippen LogP contribution in [0.15, 0.2) is 18.2 Å². The van der Waals surface area contributed by atoms with E-state index in [0.29, 0.717) is 35.0 Å². The van der Waals surface area contributed by atoms with E-state index in [1.54, 1.807) is 6.08 Å². The SMILES string of the molecule is Nc1c(O)c(C2CCC(c3c(N)c(O)c(N)c(C4=CCC4)c3P)=CC2=O)c(N)c(P)c1C1=CCC1. The fourth-order valence-electron chi connectivity index (χ4n) is 5.31. The summed E-state index contributed by atoms with van der Waals surface area (Å²) in [7, 11) is 5.31. The van der Waals surface area contributed by atoms with Gasteiger partial charge in [-0.2, -0.15) is 0 Å². The van der Waals surface area contributed by atoms with Crippen molar-refractivity contribution >= 4 is 74.3 Å². The minimum absolute atomic E-state index is 0.123. The molecule has 3 unspecified atom stereocenters. The van der Waals surface area contributed by atoms with Crippen molar-refractivity contribution in [2.24, 2.45) is 0 Å². The lowest BCUT2D eigenvalue weighted by molar-refractivity contribution is -0.116. The van der Waals surface area contributed by atoms with Crippen LogP contribution in [0, 0.1) is 0 Å². The number of phenols is 2. The number of nitrogens with two attached hydrogens (primary N) is 4. The highest BCUT2D eigenvalue weighted by Crippen LogP contribution is 2.48. The van der Waals surface area contributed by atoms with E-state index in [0.717, 1.165) is 58.8 Å². The van der Waals surface area contributed by atoms with Crippen LogP contribution in [0.3, 0.4) is 0 Å². The number of aromatic hydroxyl groups is 2. The predicted molar refractivity (Wildman–Crippen MR) is 152 cm³/mol. The number of benzene rings is 2. The Hall–Kier alpha value is -3.01. The highest BCUT2D eigenvalue weighted by atomic mass is 31.0. The zero-order valence-corrected chi connectivity index (χ0v) is 21.6. The lowest BCUT2D eigenvalue weighted by Crippen LogP contribution is -2.23. The van der Waals surface area contributed by atoms with Gasteiger partial charge >= 0.3 is 0 Å². The second-order valence-corrected chi connectivity index (χ2v) is 10.6. The van der Waals surface area contributed by atoms with Crippen molar-refractivity contribution in [3.05, 3.63) is 40.5 Å². The summed E-state index contributed by atoms with van der Waals surface area (Å²) in [5.74, 6) is -1.11. The van der Waals surface area contributed by atoms with Gasteiger partial charge in [0.25, 0.3) is 0 Å². The van der Waals surface area contributed by atoms with Gasteiger partial charge in [-0.15, -0.1) is 18.5 Å². The van der Waals surface area contributed by atoms with E-state index < -0.39 is 5.92 Å². The monoisotopic (exact) mass is 508 g/mol. The summed E-state index contributed by atoms with van der Waals surface area (Å²) in [5.41, 5.74) is 31.6. The number of hydrogen-bond acceptors (Lipinski definition) is 7. The Labute approximate surface area is 208 Å². The summed E-state index contributed by atoms with van der Waals surface area (Å²) in [6.07, 6.45) is 10.3. The molecule has 0 heterocycles. The smallest absolute Gasteiger partial charge is 0.163 e. The standard InChI is InChI=1S/C26H30N4O3P2/c27-19-16(11-5-2-6-11)26(35)22(30)18(23(19)32)13-8-7-12(9-14(13)31)17-21(29)24(33)20(28)15(25(17)34)10-3-1-4-10/h3,5,9,13,32-33H,1-2,4,6-8,27-30,34-35H2. The second-order valence-electron chi connectivity index (χ2n) is 9.42. The second kappa shape index (κ2) is 8.58. The molecule has 0 aromatic heterocycles. The van der Waals surface area contributed by atoms with Crippen LogP contribution in [0.1, 0.15) is 66.7 Å². The Bertz CT molecular complexity index is 1380. The lowest BCUT2D eigenvalue weighted by atomic mass is 9.78. The number of allylic oxidation sites excluding steroid dienone is 6. The first-order chi connectivity index (χ1) is 16.6. The lowest BCUT2D eigenvalue weighted by Gasteiger charge is -2.29. The molecule has 3 atom stereocenters. The molecule has 2 aromatic rings. The fraction of sp³-hybridized carbons (Fsp3) is 0.269. The molecule has 9 heteroatoms. The van der Waals surface area contributed by atoms with Crippen LogP contribution in [-0.4, -0.2) is 16.0 Å². The average Bonchev–Trinajstić information content (AvgIpc) is 2.75. The summed E-state index contributed by atoms with van der Waals surface area (Å²) in [6, 6.07) is 0. The molecule has 2 aromatic carbocycles. The summed E-state index contributed by atoms with van der Waals surface area (Å²) >= 11 is 0. The normalized spacial score (nSPS) is 19.4. The number of carbonyl (C=O) groups excluding carboxylic acids is 1. The molecule has 5 rings (SSSR count). The van der Waals surface area contributed by atoms with Crippen LogP contribution in [-0.2, 0) is 4.79 Å². The molecule has 3 aliphatic carbocycles. The van der Waals surface area contributed by atoms with Crippen LogP contribution < -0.4 is 33.5 Å².